The van der Waals surface area contributed by atoms with Crippen LogP contribution in [0.3, 0.4) is 0 Å². The highest BCUT2D eigenvalue weighted by atomic mass is 16.5. The van der Waals surface area contributed by atoms with Gasteiger partial charge < -0.3 is 4.74 Å². The van der Waals surface area contributed by atoms with Crippen molar-refractivity contribution in [3.63, 3.8) is 0 Å². The molecule has 0 fully saturated rings. The fourth-order valence-electron chi connectivity index (χ4n) is 4.34. The average Bonchev–Trinajstić information content (AvgIpc) is 2.78. The second kappa shape index (κ2) is 27.5. The van der Waals surface area contributed by atoms with Crippen LogP contribution in [0.2, 0.25) is 0 Å². The minimum Gasteiger partial charge on any atom is -0.466 e. The van der Waals surface area contributed by atoms with Crippen LogP contribution >= 0.6 is 0 Å². The minimum absolute atomic E-state index is 0.00894. The molecule has 0 amide bonds. The van der Waals surface area contributed by atoms with E-state index in [1.54, 1.807) is 0 Å². The van der Waals surface area contributed by atoms with Gasteiger partial charge in [-0.25, -0.2) is 0 Å². The normalized spacial score (nSPS) is 11.2. The molecule has 2 heteroatoms. The van der Waals surface area contributed by atoms with Gasteiger partial charge >= 0.3 is 5.97 Å². The van der Waals surface area contributed by atoms with Crippen molar-refractivity contribution in [2.24, 2.45) is 0 Å². The monoisotopic (exact) mass is 438 g/mol. The molecule has 0 saturated carbocycles. The Balaban J connectivity index is 3.04. The van der Waals surface area contributed by atoms with Gasteiger partial charge in [-0.15, -0.1) is 0 Å². The SMILES string of the molecule is CCCCCCCCCCCCCCCCCCCCCCCCCC(=O)OCCC. The lowest BCUT2D eigenvalue weighted by atomic mass is 10.0. The second-order valence-corrected chi connectivity index (χ2v) is 9.75. The number of carbonyl (C=O) groups is 1. The zero-order chi connectivity index (χ0) is 22.7. The molecule has 0 saturated heterocycles. The molecular formula is C29H58O2. The zero-order valence-electron chi connectivity index (χ0n) is 21.7. The third-order valence-corrected chi connectivity index (χ3v) is 6.45. The van der Waals surface area contributed by atoms with Crippen LogP contribution in [0.1, 0.15) is 174 Å². The molecule has 0 aliphatic heterocycles. The molecule has 0 unspecified atom stereocenters. The molecule has 0 aromatic rings. The molecule has 0 N–H and O–H groups in total. The zero-order valence-corrected chi connectivity index (χ0v) is 21.7. The summed E-state index contributed by atoms with van der Waals surface area (Å²) in [6, 6.07) is 0. The van der Waals surface area contributed by atoms with Crippen LogP contribution in [0.25, 0.3) is 0 Å². The van der Waals surface area contributed by atoms with Gasteiger partial charge in [0, 0.05) is 6.42 Å². The van der Waals surface area contributed by atoms with Crippen molar-refractivity contribution in [2.75, 3.05) is 6.61 Å². The molecule has 0 rings (SSSR count). The molecule has 0 radical (unpaired) electrons. The van der Waals surface area contributed by atoms with Gasteiger partial charge in [-0.3, -0.25) is 4.79 Å². The largest absolute Gasteiger partial charge is 0.466 e. The standard InChI is InChI=1S/C29H58O2/c1-3-5-6-7-8-9-10-11-12-13-14-15-16-17-18-19-20-21-22-23-24-25-26-27-29(30)31-28-4-2/h3-28H2,1-2H3. The number of rotatable bonds is 26. The van der Waals surface area contributed by atoms with Crippen molar-refractivity contribution < 1.29 is 9.53 Å². The summed E-state index contributed by atoms with van der Waals surface area (Å²) in [4.78, 5) is 11.4. The van der Waals surface area contributed by atoms with E-state index < -0.39 is 0 Å². The molecule has 0 atom stereocenters. The van der Waals surface area contributed by atoms with E-state index in [4.69, 9.17) is 4.74 Å². The summed E-state index contributed by atoms with van der Waals surface area (Å²) in [6.45, 7) is 4.91. The highest BCUT2D eigenvalue weighted by Gasteiger charge is 2.01. The summed E-state index contributed by atoms with van der Waals surface area (Å²) < 4.78 is 5.10. The fourth-order valence-corrected chi connectivity index (χ4v) is 4.34. The lowest BCUT2D eigenvalue weighted by molar-refractivity contribution is -0.143. The van der Waals surface area contributed by atoms with Gasteiger partial charge in [0.2, 0.25) is 0 Å². The lowest BCUT2D eigenvalue weighted by Gasteiger charge is -2.04. The molecular weight excluding hydrogens is 380 g/mol. The number of unbranched alkanes of at least 4 members (excludes halogenated alkanes) is 22. The Bertz CT molecular complexity index is 340. The van der Waals surface area contributed by atoms with Crippen molar-refractivity contribution in [2.45, 2.75) is 174 Å². The minimum atomic E-state index is -0.00894. The molecule has 2 nitrogen and oxygen atoms in total. The quantitative estimate of drug-likeness (QED) is 0.0991. The van der Waals surface area contributed by atoms with E-state index in [1.165, 1.54) is 141 Å². The number of carbonyl (C=O) groups excluding carboxylic acids is 1. The highest BCUT2D eigenvalue weighted by molar-refractivity contribution is 5.69. The third kappa shape index (κ3) is 27.4. The Hall–Kier alpha value is -0.530. The molecule has 0 aromatic carbocycles. The van der Waals surface area contributed by atoms with Gasteiger partial charge in [0.05, 0.1) is 6.61 Å². The van der Waals surface area contributed by atoms with Crippen LogP contribution in [0.4, 0.5) is 0 Å². The van der Waals surface area contributed by atoms with Gasteiger partial charge in [-0.2, -0.15) is 0 Å². The first kappa shape index (κ1) is 30.5. The topological polar surface area (TPSA) is 26.3 Å². The third-order valence-electron chi connectivity index (χ3n) is 6.45. The first-order valence-electron chi connectivity index (χ1n) is 14.5. The van der Waals surface area contributed by atoms with Gasteiger partial charge in [0.1, 0.15) is 0 Å². The van der Waals surface area contributed by atoms with Gasteiger partial charge in [0.25, 0.3) is 0 Å². The molecule has 186 valence electrons. The predicted octanol–water partition coefficient (Wildman–Crippen LogP) is 10.3. The van der Waals surface area contributed by atoms with Crippen LogP contribution in [-0.4, -0.2) is 12.6 Å². The van der Waals surface area contributed by atoms with Crippen molar-refractivity contribution in [3.8, 4) is 0 Å². The van der Waals surface area contributed by atoms with Crippen LogP contribution < -0.4 is 0 Å². The van der Waals surface area contributed by atoms with Crippen LogP contribution in [0.15, 0.2) is 0 Å². The number of esters is 1. The Morgan fingerprint density at radius 1 is 0.419 bits per heavy atom. The Morgan fingerprint density at radius 3 is 1.00 bits per heavy atom. The van der Waals surface area contributed by atoms with Gasteiger partial charge in [-0.1, -0.05) is 155 Å². The Kier molecular flexibility index (Phi) is 27.0. The van der Waals surface area contributed by atoms with E-state index in [2.05, 4.69) is 6.92 Å². The summed E-state index contributed by atoms with van der Waals surface area (Å²) >= 11 is 0. The summed E-state index contributed by atoms with van der Waals surface area (Å²) in [5.41, 5.74) is 0. The summed E-state index contributed by atoms with van der Waals surface area (Å²) in [7, 11) is 0. The lowest BCUT2D eigenvalue weighted by Crippen LogP contribution is -2.04. The van der Waals surface area contributed by atoms with E-state index in [1.807, 2.05) is 6.92 Å². The maximum absolute atomic E-state index is 11.4. The predicted molar refractivity (Wildman–Crippen MR) is 138 cm³/mol. The summed E-state index contributed by atoms with van der Waals surface area (Å²) in [6.07, 6.45) is 33.8. The summed E-state index contributed by atoms with van der Waals surface area (Å²) in [5, 5.41) is 0. The molecule has 31 heavy (non-hydrogen) atoms. The first-order valence-corrected chi connectivity index (χ1v) is 14.5. The smallest absolute Gasteiger partial charge is 0.305 e. The van der Waals surface area contributed by atoms with Crippen LogP contribution in [-0.2, 0) is 9.53 Å². The van der Waals surface area contributed by atoms with Crippen molar-refractivity contribution in [1.29, 1.82) is 0 Å². The second-order valence-electron chi connectivity index (χ2n) is 9.75. The maximum Gasteiger partial charge on any atom is 0.305 e. The Labute approximate surface area is 196 Å². The van der Waals surface area contributed by atoms with Crippen LogP contribution in [0.5, 0.6) is 0 Å². The average molecular weight is 439 g/mol. The number of hydrogen-bond acceptors (Lipinski definition) is 2. The summed E-state index contributed by atoms with van der Waals surface area (Å²) in [5.74, 6) is -0.00894. The first-order chi connectivity index (χ1) is 15.3. The molecule has 0 bridgehead atoms. The van der Waals surface area contributed by atoms with Gasteiger partial charge in [-0.05, 0) is 12.8 Å². The van der Waals surface area contributed by atoms with Crippen molar-refractivity contribution in [3.05, 3.63) is 0 Å². The molecule has 0 aromatic heterocycles. The molecule has 0 spiro atoms. The van der Waals surface area contributed by atoms with E-state index in [-0.39, 0.29) is 5.97 Å². The van der Waals surface area contributed by atoms with Gasteiger partial charge in [0.15, 0.2) is 0 Å². The van der Waals surface area contributed by atoms with E-state index in [0.29, 0.717) is 13.0 Å². The number of hydrogen-bond donors (Lipinski definition) is 0. The molecule has 0 heterocycles. The molecule has 0 aliphatic rings. The van der Waals surface area contributed by atoms with E-state index in [0.717, 1.165) is 12.8 Å². The maximum atomic E-state index is 11.4. The Morgan fingerprint density at radius 2 is 0.710 bits per heavy atom. The molecule has 0 aliphatic carbocycles. The van der Waals surface area contributed by atoms with Crippen LogP contribution in [0, 0.1) is 0 Å². The van der Waals surface area contributed by atoms with E-state index in [9.17, 15) is 4.79 Å². The van der Waals surface area contributed by atoms with E-state index >= 15 is 0 Å². The highest BCUT2D eigenvalue weighted by Crippen LogP contribution is 2.15. The van der Waals surface area contributed by atoms with Crippen molar-refractivity contribution >= 4 is 5.97 Å². The fraction of sp³-hybridized carbons (Fsp3) is 0.966. The number of ether oxygens (including phenoxy) is 1. The van der Waals surface area contributed by atoms with Crippen molar-refractivity contribution in [1.82, 2.24) is 0 Å².